The van der Waals surface area contributed by atoms with E-state index in [1.807, 2.05) is 43.6 Å². The largest absolute Gasteiger partial charge is 0.383 e. The number of nitrogens with two attached hydrogens (primary N) is 1. The lowest BCUT2D eigenvalue weighted by molar-refractivity contribution is 0.0277. The fraction of sp³-hybridized carbons (Fsp3) is 0.280. The number of fused-ring (bicyclic) bond motifs is 1. The van der Waals surface area contributed by atoms with Crippen LogP contribution in [0.3, 0.4) is 0 Å². The summed E-state index contributed by atoms with van der Waals surface area (Å²) in [6.45, 7) is 0.450. The molecule has 1 aliphatic rings. The molecule has 3 N–H and O–H groups in total. The number of para-hydroxylation sites is 1. The highest BCUT2D eigenvalue weighted by molar-refractivity contribution is 5.99. The van der Waals surface area contributed by atoms with Crippen molar-refractivity contribution in [3.8, 4) is 11.1 Å². The summed E-state index contributed by atoms with van der Waals surface area (Å²) >= 11 is 0. The molecule has 5 rings (SSSR count). The van der Waals surface area contributed by atoms with Crippen LogP contribution in [-0.4, -0.2) is 37.8 Å². The summed E-state index contributed by atoms with van der Waals surface area (Å²) in [5, 5.41) is 8.40. The van der Waals surface area contributed by atoms with Crippen molar-refractivity contribution in [2.24, 2.45) is 7.05 Å². The van der Waals surface area contributed by atoms with E-state index in [9.17, 15) is 4.79 Å². The van der Waals surface area contributed by atoms with Gasteiger partial charge in [-0.3, -0.25) is 14.5 Å². The monoisotopic (exact) mass is 442 g/mol. The Balaban J connectivity index is 1.28. The zero-order valence-electron chi connectivity index (χ0n) is 18.4. The first-order chi connectivity index (χ1) is 16.1. The third-order valence-electron chi connectivity index (χ3n) is 6.14. The third-order valence-corrected chi connectivity index (χ3v) is 6.14. The van der Waals surface area contributed by atoms with Crippen LogP contribution in [0.25, 0.3) is 22.0 Å². The number of nitrogen functional groups attached to an aromatic ring is 1. The van der Waals surface area contributed by atoms with Gasteiger partial charge in [-0.15, -0.1) is 0 Å². The van der Waals surface area contributed by atoms with Gasteiger partial charge >= 0.3 is 0 Å². The molecule has 1 amide bonds. The lowest BCUT2D eigenvalue weighted by Gasteiger charge is -2.22. The van der Waals surface area contributed by atoms with Crippen molar-refractivity contribution in [1.82, 2.24) is 25.1 Å². The average molecular weight is 443 g/mol. The fourth-order valence-electron chi connectivity index (χ4n) is 4.40. The summed E-state index contributed by atoms with van der Waals surface area (Å²) in [5.74, 6) is -0.0319. The minimum absolute atomic E-state index is 0.0661. The van der Waals surface area contributed by atoms with Gasteiger partial charge in [0, 0.05) is 47.7 Å². The van der Waals surface area contributed by atoms with E-state index in [-0.39, 0.29) is 23.9 Å². The molecule has 2 atom stereocenters. The van der Waals surface area contributed by atoms with Crippen molar-refractivity contribution in [2.45, 2.75) is 38.0 Å². The van der Waals surface area contributed by atoms with Gasteiger partial charge in [0.25, 0.3) is 5.91 Å². The fourth-order valence-corrected chi connectivity index (χ4v) is 4.40. The summed E-state index contributed by atoms with van der Waals surface area (Å²) < 4.78 is 7.97. The molecule has 0 saturated heterocycles. The normalized spacial score (nSPS) is 18.0. The standard InChI is InChI=1S/C25H26N6O2/c1-31-14-19(13-29-31)18-11-20(24(26)28-12-18)25(32)30-21-8-3-9-22(21)33-15-17-6-2-5-16-7-4-10-27-23(16)17/h2,4-7,10-14,21-22H,3,8-9,15H2,1H3,(H2,26,28)(H,30,32)/t21-,22-/m0/s1. The van der Waals surface area contributed by atoms with Crippen LogP contribution >= 0.6 is 0 Å². The molecule has 0 radical (unpaired) electrons. The third kappa shape index (κ3) is 4.42. The molecule has 1 saturated carbocycles. The topological polar surface area (TPSA) is 108 Å². The van der Waals surface area contributed by atoms with Crippen molar-refractivity contribution in [3.05, 3.63) is 72.3 Å². The Morgan fingerprint density at radius 3 is 2.91 bits per heavy atom. The summed E-state index contributed by atoms with van der Waals surface area (Å²) in [5.41, 5.74) is 10.1. The molecule has 33 heavy (non-hydrogen) atoms. The summed E-state index contributed by atoms with van der Waals surface area (Å²) in [6, 6.07) is 11.8. The second kappa shape index (κ2) is 8.99. The number of aromatic nitrogens is 4. The van der Waals surface area contributed by atoms with E-state index in [4.69, 9.17) is 10.5 Å². The number of benzene rings is 1. The van der Waals surface area contributed by atoms with Crippen molar-refractivity contribution in [1.29, 1.82) is 0 Å². The van der Waals surface area contributed by atoms with E-state index in [0.29, 0.717) is 12.2 Å². The van der Waals surface area contributed by atoms with E-state index in [0.717, 1.165) is 46.9 Å². The Morgan fingerprint density at radius 1 is 1.18 bits per heavy atom. The highest BCUT2D eigenvalue weighted by Crippen LogP contribution is 2.26. The second-order valence-corrected chi connectivity index (χ2v) is 8.41. The van der Waals surface area contributed by atoms with Crippen molar-refractivity contribution < 1.29 is 9.53 Å². The lowest BCUT2D eigenvalue weighted by Crippen LogP contribution is -2.41. The maximum absolute atomic E-state index is 13.1. The highest BCUT2D eigenvalue weighted by atomic mass is 16.5. The molecule has 0 aliphatic heterocycles. The van der Waals surface area contributed by atoms with E-state index >= 15 is 0 Å². The Hall–Kier alpha value is -3.78. The quantitative estimate of drug-likeness (QED) is 0.473. The van der Waals surface area contributed by atoms with Crippen LogP contribution in [0.4, 0.5) is 5.82 Å². The van der Waals surface area contributed by atoms with Crippen LogP contribution in [0.2, 0.25) is 0 Å². The highest BCUT2D eigenvalue weighted by Gasteiger charge is 2.30. The van der Waals surface area contributed by atoms with Crippen molar-refractivity contribution in [2.75, 3.05) is 5.73 Å². The number of rotatable bonds is 6. The zero-order valence-corrected chi connectivity index (χ0v) is 18.4. The van der Waals surface area contributed by atoms with Crippen LogP contribution in [0.15, 0.2) is 61.2 Å². The maximum atomic E-state index is 13.1. The van der Waals surface area contributed by atoms with Crippen LogP contribution in [-0.2, 0) is 18.4 Å². The van der Waals surface area contributed by atoms with Gasteiger partial charge in [0.05, 0.1) is 36.0 Å². The maximum Gasteiger partial charge on any atom is 0.255 e. The minimum Gasteiger partial charge on any atom is -0.383 e. The Morgan fingerprint density at radius 2 is 2.06 bits per heavy atom. The number of anilines is 1. The smallest absolute Gasteiger partial charge is 0.255 e. The van der Waals surface area contributed by atoms with Crippen LogP contribution in [0.5, 0.6) is 0 Å². The molecule has 8 nitrogen and oxygen atoms in total. The molecule has 0 spiro atoms. The summed E-state index contributed by atoms with van der Waals surface area (Å²) in [7, 11) is 1.84. The number of amides is 1. The minimum atomic E-state index is -0.238. The predicted octanol–water partition coefficient (Wildman–Crippen LogP) is 3.48. The molecule has 0 unspecified atom stereocenters. The van der Waals surface area contributed by atoms with Gasteiger partial charge in [0.2, 0.25) is 0 Å². The van der Waals surface area contributed by atoms with Crippen LogP contribution < -0.4 is 11.1 Å². The SMILES string of the molecule is Cn1cc(-c2cnc(N)c(C(=O)N[C@H]3CCC[C@@H]3OCc3cccc4cccnc34)c2)cn1. The molecule has 168 valence electrons. The summed E-state index contributed by atoms with van der Waals surface area (Å²) in [6.07, 6.45) is 9.74. The molecule has 1 aliphatic carbocycles. The molecule has 4 aromatic rings. The zero-order chi connectivity index (χ0) is 22.8. The molecule has 1 fully saturated rings. The number of carbonyl (C=O) groups is 1. The van der Waals surface area contributed by atoms with Gasteiger partial charge in [0.15, 0.2) is 0 Å². The predicted molar refractivity (Wildman–Crippen MR) is 126 cm³/mol. The number of aryl methyl sites for hydroxylation is 1. The van der Waals surface area contributed by atoms with Crippen LogP contribution in [0.1, 0.15) is 35.2 Å². The van der Waals surface area contributed by atoms with Gasteiger partial charge in [-0.1, -0.05) is 24.3 Å². The van der Waals surface area contributed by atoms with Crippen LogP contribution in [0, 0.1) is 0 Å². The first kappa shape index (κ1) is 21.1. The number of nitrogens with one attached hydrogen (secondary N) is 1. The van der Waals surface area contributed by atoms with E-state index in [1.54, 1.807) is 29.3 Å². The number of pyridine rings is 2. The summed E-state index contributed by atoms with van der Waals surface area (Å²) in [4.78, 5) is 21.8. The first-order valence-electron chi connectivity index (χ1n) is 11.1. The number of ether oxygens (including phenoxy) is 1. The van der Waals surface area contributed by atoms with Gasteiger partial charge in [0.1, 0.15) is 5.82 Å². The number of nitrogens with zero attached hydrogens (tertiary/aromatic N) is 4. The van der Waals surface area contributed by atoms with Gasteiger partial charge in [-0.25, -0.2) is 4.98 Å². The number of hydrogen-bond acceptors (Lipinski definition) is 6. The lowest BCUT2D eigenvalue weighted by atomic mass is 10.1. The van der Waals surface area contributed by atoms with E-state index < -0.39 is 0 Å². The Kier molecular flexibility index (Phi) is 5.75. The van der Waals surface area contributed by atoms with Gasteiger partial charge < -0.3 is 15.8 Å². The van der Waals surface area contributed by atoms with Crippen molar-refractivity contribution >= 4 is 22.6 Å². The molecule has 3 heterocycles. The van der Waals surface area contributed by atoms with Crippen molar-refractivity contribution in [3.63, 3.8) is 0 Å². The van der Waals surface area contributed by atoms with Gasteiger partial charge in [-0.05, 0) is 31.4 Å². The Bertz CT molecular complexity index is 1300. The number of hydrogen-bond donors (Lipinski definition) is 2. The van der Waals surface area contributed by atoms with Gasteiger partial charge in [-0.2, -0.15) is 5.10 Å². The molecule has 8 heteroatoms. The first-order valence-corrected chi connectivity index (χ1v) is 11.1. The number of carbonyl (C=O) groups excluding carboxylic acids is 1. The second-order valence-electron chi connectivity index (χ2n) is 8.41. The Labute approximate surface area is 191 Å². The molecular weight excluding hydrogens is 416 g/mol. The van der Waals surface area contributed by atoms with E-state index in [1.165, 1.54) is 0 Å². The molecule has 3 aromatic heterocycles. The average Bonchev–Trinajstić information content (AvgIpc) is 3.46. The molecular formula is C25H26N6O2. The van der Waals surface area contributed by atoms with E-state index in [2.05, 4.69) is 20.4 Å². The molecule has 1 aromatic carbocycles. The molecule has 0 bridgehead atoms.